The van der Waals surface area contributed by atoms with Crippen LogP contribution < -0.4 is 9.47 Å². The second kappa shape index (κ2) is 11.5. The fourth-order valence-electron chi connectivity index (χ4n) is 8.46. The molecule has 0 spiro atoms. The first-order valence-electron chi connectivity index (χ1n) is 18.4. The third kappa shape index (κ3) is 4.60. The Morgan fingerprint density at radius 2 is 1.13 bits per heavy atom. The molecule has 4 nitrogen and oxygen atoms in total. The highest BCUT2D eigenvalue weighted by atomic mass is 16.6. The Labute approximate surface area is 312 Å². The Bertz CT molecular complexity index is 2960. The molecule has 256 valence electrons. The average molecular weight is 696 g/mol. The lowest BCUT2D eigenvalue weighted by Gasteiger charge is -2.26. The first kappa shape index (κ1) is 30.7. The van der Waals surface area contributed by atoms with Crippen molar-refractivity contribution in [1.82, 2.24) is 4.98 Å². The summed E-state index contributed by atoms with van der Waals surface area (Å²) >= 11 is 0. The number of rotatable bonds is 4. The molecule has 1 aliphatic heterocycles. The molecule has 0 amide bonds. The molecule has 1 aliphatic carbocycles. The Morgan fingerprint density at radius 1 is 0.444 bits per heavy atom. The van der Waals surface area contributed by atoms with Crippen LogP contribution in [0.4, 0.5) is 0 Å². The zero-order valence-electron chi connectivity index (χ0n) is 29.8. The maximum Gasteiger partial charge on any atom is 0.179 e. The van der Waals surface area contributed by atoms with Crippen LogP contribution in [-0.2, 0) is 5.41 Å². The maximum absolute atomic E-state index is 6.99. The predicted octanol–water partition coefficient (Wildman–Crippen LogP) is 13.9. The van der Waals surface area contributed by atoms with E-state index in [1.165, 1.54) is 16.7 Å². The number of furan rings is 1. The number of benzene rings is 7. The topological polar surface area (TPSA) is 44.5 Å². The molecule has 9 aromatic rings. The molecule has 0 saturated carbocycles. The summed E-state index contributed by atoms with van der Waals surface area (Å²) in [7, 11) is 0. The average Bonchev–Trinajstić information content (AvgIpc) is 3.72. The van der Waals surface area contributed by atoms with Gasteiger partial charge in [0.25, 0.3) is 0 Å². The number of para-hydroxylation sites is 3. The van der Waals surface area contributed by atoms with Gasteiger partial charge in [0.05, 0.1) is 11.4 Å². The van der Waals surface area contributed by atoms with Gasteiger partial charge in [0.1, 0.15) is 11.2 Å². The first-order valence-corrected chi connectivity index (χ1v) is 18.4. The zero-order valence-corrected chi connectivity index (χ0v) is 29.8. The van der Waals surface area contributed by atoms with Gasteiger partial charge >= 0.3 is 0 Å². The Morgan fingerprint density at radius 3 is 2.02 bits per heavy atom. The van der Waals surface area contributed by atoms with Crippen LogP contribution in [0, 0.1) is 0 Å². The number of nitrogens with zero attached hydrogens (tertiary/aromatic N) is 1. The molecule has 0 unspecified atom stereocenters. The summed E-state index contributed by atoms with van der Waals surface area (Å²) in [4.78, 5) is 5.32. The maximum atomic E-state index is 6.99. The van der Waals surface area contributed by atoms with E-state index in [4.69, 9.17) is 18.9 Å². The molecule has 7 aromatic carbocycles. The van der Waals surface area contributed by atoms with E-state index in [9.17, 15) is 0 Å². The van der Waals surface area contributed by atoms with Gasteiger partial charge in [0, 0.05) is 38.4 Å². The van der Waals surface area contributed by atoms with Crippen molar-refractivity contribution in [1.29, 1.82) is 0 Å². The fourth-order valence-corrected chi connectivity index (χ4v) is 8.46. The molecule has 4 heteroatoms. The zero-order chi connectivity index (χ0) is 36.0. The van der Waals surface area contributed by atoms with E-state index in [1.54, 1.807) is 0 Å². The predicted molar refractivity (Wildman–Crippen MR) is 217 cm³/mol. The minimum absolute atomic E-state index is 0.154. The molecule has 0 N–H and O–H groups in total. The summed E-state index contributed by atoms with van der Waals surface area (Å²) in [6.45, 7) is 4.55. The Hall–Kier alpha value is -6.91. The summed E-state index contributed by atoms with van der Waals surface area (Å²) in [6, 6.07) is 56.9. The Balaban J connectivity index is 1.03. The van der Waals surface area contributed by atoms with Crippen LogP contribution in [0.5, 0.6) is 23.0 Å². The normalized spacial score (nSPS) is 13.4. The second-order valence-electron chi connectivity index (χ2n) is 14.7. The monoisotopic (exact) mass is 695 g/mol. The fraction of sp³-hybridized carbons (Fsp3) is 0.0600. The van der Waals surface area contributed by atoms with E-state index in [2.05, 4.69) is 141 Å². The molecule has 3 heterocycles. The van der Waals surface area contributed by atoms with Crippen molar-refractivity contribution in [3.8, 4) is 78.9 Å². The lowest BCUT2D eigenvalue weighted by molar-refractivity contribution is 0.361. The van der Waals surface area contributed by atoms with Gasteiger partial charge in [0.2, 0.25) is 0 Å². The summed E-state index contributed by atoms with van der Waals surface area (Å²) < 4.78 is 20.0. The molecule has 2 aromatic heterocycles. The van der Waals surface area contributed by atoms with Gasteiger partial charge in [-0.2, -0.15) is 0 Å². The smallest absolute Gasteiger partial charge is 0.179 e. The SMILES string of the molecule is CC1(C)c2ccccc2-c2c1ccc1c2Oc2c(cccc2-c2cc(-c3ccccc3)cc(-c3ccc(-c4cccc5c4oc4ccccc45)cc3)n2)O1. The van der Waals surface area contributed by atoms with Gasteiger partial charge in [0.15, 0.2) is 23.0 Å². The number of pyridine rings is 1. The highest BCUT2D eigenvalue weighted by Crippen LogP contribution is 2.59. The quantitative estimate of drug-likeness (QED) is 0.184. The third-order valence-electron chi connectivity index (χ3n) is 11.2. The summed E-state index contributed by atoms with van der Waals surface area (Å²) in [5.74, 6) is 2.80. The molecule has 0 atom stereocenters. The molecule has 54 heavy (non-hydrogen) atoms. The first-order chi connectivity index (χ1) is 26.5. The standard InChI is InChI=1S/C50H33NO3/c1-50(2)39-19-8-6-15-37(39)46-40(50)26-27-45-49(46)54-48-38(18-11-21-44(48)52-45)42-29-33(30-12-4-3-5-13-30)28-41(51-42)32-24-22-31(23-25-32)34-16-10-17-36-35-14-7-9-20-43(35)53-47(34)36/h3-29H,1-2H3. The molecule has 0 bridgehead atoms. The number of ether oxygens (including phenoxy) is 2. The molecule has 2 aliphatic rings. The molecule has 0 radical (unpaired) electrons. The van der Waals surface area contributed by atoms with Crippen LogP contribution >= 0.6 is 0 Å². The van der Waals surface area contributed by atoms with Crippen molar-refractivity contribution in [2.45, 2.75) is 19.3 Å². The highest BCUT2D eigenvalue weighted by Gasteiger charge is 2.40. The van der Waals surface area contributed by atoms with Gasteiger partial charge in [-0.05, 0) is 69.8 Å². The molecule has 0 saturated heterocycles. The van der Waals surface area contributed by atoms with Gasteiger partial charge in [-0.25, -0.2) is 4.98 Å². The van der Waals surface area contributed by atoms with Gasteiger partial charge in [-0.15, -0.1) is 0 Å². The van der Waals surface area contributed by atoms with Gasteiger partial charge < -0.3 is 13.9 Å². The van der Waals surface area contributed by atoms with E-state index in [0.29, 0.717) is 11.5 Å². The van der Waals surface area contributed by atoms with E-state index < -0.39 is 0 Å². The largest absolute Gasteiger partial charge is 0.455 e. The number of hydrogen-bond acceptors (Lipinski definition) is 4. The number of hydrogen-bond donors (Lipinski definition) is 0. The van der Waals surface area contributed by atoms with Crippen LogP contribution in [-0.4, -0.2) is 4.98 Å². The molecule has 11 rings (SSSR count). The van der Waals surface area contributed by atoms with Crippen molar-refractivity contribution in [2.75, 3.05) is 0 Å². The molecular formula is C50H33NO3. The van der Waals surface area contributed by atoms with Crippen LogP contribution in [0.2, 0.25) is 0 Å². The second-order valence-corrected chi connectivity index (χ2v) is 14.7. The van der Waals surface area contributed by atoms with Crippen LogP contribution in [0.15, 0.2) is 168 Å². The number of aromatic nitrogens is 1. The lowest BCUT2D eigenvalue weighted by Crippen LogP contribution is -2.15. The summed E-state index contributed by atoms with van der Waals surface area (Å²) in [6.07, 6.45) is 0. The minimum Gasteiger partial charge on any atom is -0.455 e. The van der Waals surface area contributed by atoms with E-state index in [1.807, 2.05) is 36.4 Å². The van der Waals surface area contributed by atoms with E-state index >= 15 is 0 Å². The summed E-state index contributed by atoms with van der Waals surface area (Å²) in [5.41, 5.74) is 14.3. The van der Waals surface area contributed by atoms with Crippen molar-refractivity contribution >= 4 is 21.9 Å². The van der Waals surface area contributed by atoms with Crippen LogP contribution in [0.3, 0.4) is 0 Å². The van der Waals surface area contributed by atoms with E-state index in [0.717, 1.165) is 83.8 Å². The third-order valence-corrected chi connectivity index (χ3v) is 11.2. The lowest BCUT2D eigenvalue weighted by atomic mass is 9.82. The van der Waals surface area contributed by atoms with Crippen LogP contribution in [0.1, 0.15) is 25.0 Å². The minimum atomic E-state index is -0.154. The Kier molecular flexibility index (Phi) is 6.56. The van der Waals surface area contributed by atoms with Gasteiger partial charge in [-0.1, -0.05) is 141 Å². The van der Waals surface area contributed by atoms with E-state index in [-0.39, 0.29) is 5.41 Å². The van der Waals surface area contributed by atoms with Crippen molar-refractivity contribution < 1.29 is 13.9 Å². The van der Waals surface area contributed by atoms with Crippen molar-refractivity contribution in [2.24, 2.45) is 0 Å². The van der Waals surface area contributed by atoms with Crippen molar-refractivity contribution in [3.05, 3.63) is 175 Å². The number of fused-ring (bicyclic) bond motifs is 9. The van der Waals surface area contributed by atoms with Gasteiger partial charge in [-0.3, -0.25) is 0 Å². The molecule has 0 fully saturated rings. The van der Waals surface area contributed by atoms with Crippen molar-refractivity contribution in [3.63, 3.8) is 0 Å². The highest BCUT2D eigenvalue weighted by molar-refractivity contribution is 6.09. The summed E-state index contributed by atoms with van der Waals surface area (Å²) in [5, 5.41) is 2.24. The van der Waals surface area contributed by atoms with Crippen LogP contribution in [0.25, 0.3) is 77.8 Å². The molecular weight excluding hydrogens is 663 g/mol.